The molecule has 1 nitrogen and oxygen atoms in total. The fourth-order valence-electron chi connectivity index (χ4n) is 1.15. The van der Waals surface area contributed by atoms with E-state index in [4.69, 9.17) is 0 Å². The number of nitrogens with zero attached hydrogens (tertiary/aromatic N) is 1. The molecule has 1 aromatic rings. The van der Waals surface area contributed by atoms with Gasteiger partial charge in [0.1, 0.15) is 0 Å². The molecule has 0 saturated heterocycles. The Morgan fingerprint density at radius 3 is 2.69 bits per heavy atom. The minimum Gasteiger partial charge on any atom is -0.258 e. The molecule has 0 spiro atoms. The summed E-state index contributed by atoms with van der Waals surface area (Å²) in [7, 11) is 0. The van der Waals surface area contributed by atoms with Gasteiger partial charge in [-0.1, -0.05) is 26.0 Å². The van der Waals surface area contributed by atoms with Crippen LogP contribution >= 0.6 is 0 Å². The Kier molecular flexibility index (Phi) is 3.69. The molecule has 0 saturated carbocycles. The molecule has 0 fully saturated rings. The van der Waals surface area contributed by atoms with Crippen LogP contribution < -0.4 is 0 Å². The smallest absolute Gasteiger partial charge is 0.0631 e. The SMILES string of the molecule is CCC(C)=Nc1cccc(CC)c1. The van der Waals surface area contributed by atoms with Gasteiger partial charge in [0.2, 0.25) is 0 Å². The second kappa shape index (κ2) is 4.80. The summed E-state index contributed by atoms with van der Waals surface area (Å²) in [6.45, 7) is 6.36. The summed E-state index contributed by atoms with van der Waals surface area (Å²) in [5.74, 6) is 0. The highest BCUT2D eigenvalue weighted by atomic mass is 14.7. The Hall–Kier alpha value is -1.11. The van der Waals surface area contributed by atoms with Crippen molar-refractivity contribution in [3.63, 3.8) is 0 Å². The maximum absolute atomic E-state index is 4.50. The van der Waals surface area contributed by atoms with Crippen molar-refractivity contribution >= 4 is 11.4 Å². The lowest BCUT2D eigenvalue weighted by molar-refractivity contribution is 1.14. The van der Waals surface area contributed by atoms with Crippen molar-refractivity contribution in [2.24, 2.45) is 4.99 Å². The van der Waals surface area contributed by atoms with E-state index in [1.807, 2.05) is 0 Å². The molecule has 1 aromatic carbocycles. The fraction of sp³-hybridized carbons (Fsp3) is 0.417. The Morgan fingerprint density at radius 2 is 2.08 bits per heavy atom. The maximum Gasteiger partial charge on any atom is 0.0631 e. The van der Waals surface area contributed by atoms with Crippen molar-refractivity contribution in [2.75, 3.05) is 0 Å². The van der Waals surface area contributed by atoms with Crippen molar-refractivity contribution in [3.05, 3.63) is 29.8 Å². The van der Waals surface area contributed by atoms with E-state index >= 15 is 0 Å². The summed E-state index contributed by atoms with van der Waals surface area (Å²) >= 11 is 0. The Balaban J connectivity index is 2.89. The summed E-state index contributed by atoms with van der Waals surface area (Å²) in [6, 6.07) is 8.42. The highest BCUT2D eigenvalue weighted by Crippen LogP contribution is 2.15. The number of aryl methyl sites for hydroxylation is 1. The zero-order chi connectivity index (χ0) is 9.68. The number of aliphatic imine (C=N–C) groups is 1. The summed E-state index contributed by atoms with van der Waals surface area (Å²) in [5.41, 5.74) is 3.62. The molecule has 1 rings (SSSR count). The van der Waals surface area contributed by atoms with Crippen molar-refractivity contribution in [2.45, 2.75) is 33.6 Å². The molecule has 0 radical (unpaired) electrons. The van der Waals surface area contributed by atoms with E-state index in [1.165, 1.54) is 11.3 Å². The van der Waals surface area contributed by atoms with Crippen molar-refractivity contribution in [3.8, 4) is 0 Å². The third kappa shape index (κ3) is 3.02. The zero-order valence-electron chi connectivity index (χ0n) is 8.67. The fourth-order valence-corrected chi connectivity index (χ4v) is 1.15. The Morgan fingerprint density at radius 1 is 1.31 bits per heavy atom. The van der Waals surface area contributed by atoms with Crippen molar-refractivity contribution < 1.29 is 0 Å². The number of benzene rings is 1. The van der Waals surface area contributed by atoms with E-state index in [1.54, 1.807) is 0 Å². The normalized spacial score (nSPS) is 11.8. The van der Waals surface area contributed by atoms with Crippen LogP contribution in [-0.4, -0.2) is 5.71 Å². The summed E-state index contributed by atoms with van der Waals surface area (Å²) in [4.78, 5) is 4.50. The monoisotopic (exact) mass is 175 g/mol. The van der Waals surface area contributed by atoms with Crippen LogP contribution in [0, 0.1) is 0 Å². The van der Waals surface area contributed by atoms with Gasteiger partial charge in [-0.05, 0) is 37.5 Å². The van der Waals surface area contributed by atoms with Crippen LogP contribution in [0.25, 0.3) is 0 Å². The predicted molar refractivity (Wildman–Crippen MR) is 58.9 cm³/mol. The number of rotatable bonds is 3. The Bertz CT molecular complexity index is 300. The van der Waals surface area contributed by atoms with Crippen molar-refractivity contribution in [1.29, 1.82) is 0 Å². The van der Waals surface area contributed by atoms with Crippen LogP contribution in [0.15, 0.2) is 29.3 Å². The first-order chi connectivity index (χ1) is 6.26. The van der Waals surface area contributed by atoms with Gasteiger partial charge in [0.05, 0.1) is 5.69 Å². The third-order valence-corrected chi connectivity index (χ3v) is 2.15. The van der Waals surface area contributed by atoms with E-state index in [-0.39, 0.29) is 0 Å². The van der Waals surface area contributed by atoms with Gasteiger partial charge >= 0.3 is 0 Å². The first-order valence-electron chi connectivity index (χ1n) is 4.89. The second-order valence-electron chi connectivity index (χ2n) is 3.22. The molecule has 70 valence electrons. The predicted octanol–water partition coefficient (Wildman–Crippen LogP) is 3.75. The molecule has 0 aliphatic carbocycles. The molecule has 1 heteroatoms. The lowest BCUT2D eigenvalue weighted by Crippen LogP contribution is -1.85. The second-order valence-corrected chi connectivity index (χ2v) is 3.22. The molecule has 0 amide bonds. The summed E-state index contributed by atoms with van der Waals surface area (Å²) in [6.07, 6.45) is 2.10. The average Bonchev–Trinajstić information content (AvgIpc) is 2.18. The number of hydrogen-bond acceptors (Lipinski definition) is 1. The van der Waals surface area contributed by atoms with Gasteiger partial charge in [0.25, 0.3) is 0 Å². The lowest BCUT2D eigenvalue weighted by Gasteiger charge is -1.99. The highest BCUT2D eigenvalue weighted by Gasteiger charge is 1.92. The first-order valence-corrected chi connectivity index (χ1v) is 4.89. The topological polar surface area (TPSA) is 12.4 Å². The van der Waals surface area contributed by atoms with E-state index in [2.05, 4.69) is 50.0 Å². The molecule has 13 heavy (non-hydrogen) atoms. The maximum atomic E-state index is 4.50. The van der Waals surface area contributed by atoms with Crippen LogP contribution in [0.2, 0.25) is 0 Å². The van der Waals surface area contributed by atoms with Gasteiger partial charge in [0.15, 0.2) is 0 Å². The molecule has 0 bridgehead atoms. The van der Waals surface area contributed by atoms with Crippen LogP contribution in [-0.2, 0) is 6.42 Å². The van der Waals surface area contributed by atoms with Gasteiger partial charge in [-0.2, -0.15) is 0 Å². The largest absolute Gasteiger partial charge is 0.258 e. The molecular weight excluding hydrogens is 158 g/mol. The summed E-state index contributed by atoms with van der Waals surface area (Å²) in [5, 5.41) is 0. The zero-order valence-corrected chi connectivity index (χ0v) is 8.67. The molecule has 0 N–H and O–H groups in total. The molecule has 0 aliphatic rings. The van der Waals surface area contributed by atoms with E-state index in [0.717, 1.165) is 18.5 Å². The van der Waals surface area contributed by atoms with Crippen LogP contribution in [0.4, 0.5) is 5.69 Å². The quantitative estimate of drug-likeness (QED) is 0.620. The Labute approximate surface area is 80.5 Å². The minimum absolute atomic E-state index is 1.02. The third-order valence-electron chi connectivity index (χ3n) is 2.15. The van der Waals surface area contributed by atoms with Crippen LogP contribution in [0.1, 0.15) is 32.8 Å². The van der Waals surface area contributed by atoms with Gasteiger partial charge < -0.3 is 0 Å². The molecule has 0 atom stereocenters. The first kappa shape index (κ1) is 9.97. The highest BCUT2D eigenvalue weighted by molar-refractivity contribution is 5.84. The average molecular weight is 175 g/mol. The minimum atomic E-state index is 1.02. The van der Waals surface area contributed by atoms with E-state index < -0.39 is 0 Å². The molecular formula is C12H17N. The number of hydrogen-bond donors (Lipinski definition) is 0. The molecule has 0 aromatic heterocycles. The molecule has 0 unspecified atom stereocenters. The van der Waals surface area contributed by atoms with Gasteiger partial charge in [-0.3, -0.25) is 4.99 Å². The van der Waals surface area contributed by atoms with Gasteiger partial charge in [0, 0.05) is 5.71 Å². The standard InChI is InChI=1S/C12H17N/c1-4-10(3)13-12-8-6-7-11(5-2)9-12/h6-9H,4-5H2,1-3H3. The van der Waals surface area contributed by atoms with E-state index in [9.17, 15) is 0 Å². The van der Waals surface area contributed by atoms with Gasteiger partial charge in [-0.25, -0.2) is 0 Å². The lowest BCUT2D eigenvalue weighted by atomic mass is 10.1. The van der Waals surface area contributed by atoms with Crippen LogP contribution in [0.5, 0.6) is 0 Å². The summed E-state index contributed by atoms with van der Waals surface area (Å²) < 4.78 is 0. The van der Waals surface area contributed by atoms with E-state index in [0.29, 0.717) is 0 Å². The van der Waals surface area contributed by atoms with Crippen molar-refractivity contribution in [1.82, 2.24) is 0 Å². The van der Waals surface area contributed by atoms with Gasteiger partial charge in [-0.15, -0.1) is 0 Å². The van der Waals surface area contributed by atoms with Crippen LogP contribution in [0.3, 0.4) is 0 Å². The molecule has 0 aliphatic heterocycles. The molecule has 0 heterocycles.